The number of anilines is 3. The maximum Gasteiger partial charge on any atom is 0.231 e. The van der Waals surface area contributed by atoms with Crippen LogP contribution in [0.25, 0.3) is 0 Å². The summed E-state index contributed by atoms with van der Waals surface area (Å²) in [5.41, 5.74) is 6.28. The van der Waals surface area contributed by atoms with E-state index in [4.69, 9.17) is 26.8 Å². The molecule has 3 rings (SSSR count). The van der Waals surface area contributed by atoms with Crippen LogP contribution >= 0.6 is 11.6 Å². The van der Waals surface area contributed by atoms with E-state index in [1.54, 1.807) is 6.07 Å². The quantitative estimate of drug-likeness (QED) is 0.865. The summed E-state index contributed by atoms with van der Waals surface area (Å²) >= 11 is 5.96. The van der Waals surface area contributed by atoms with Gasteiger partial charge in [0.1, 0.15) is 5.02 Å². The Bertz CT molecular complexity index is 606. The number of nitrogens with two attached hydrogens (primary N) is 1. The van der Waals surface area contributed by atoms with Crippen LogP contribution in [0.1, 0.15) is 0 Å². The van der Waals surface area contributed by atoms with Gasteiger partial charge in [-0.25, -0.2) is 4.98 Å². The minimum absolute atomic E-state index is 0.155. The highest BCUT2D eigenvalue weighted by molar-refractivity contribution is 6.32. The smallest absolute Gasteiger partial charge is 0.231 e. The Morgan fingerprint density at radius 3 is 3.00 bits per heavy atom. The predicted molar refractivity (Wildman–Crippen MR) is 67.3 cm³/mol. The summed E-state index contributed by atoms with van der Waals surface area (Å²) in [4.78, 5) is 7.80. The van der Waals surface area contributed by atoms with Crippen LogP contribution in [0.5, 0.6) is 11.5 Å². The molecule has 92 valence electrons. The molecule has 3 N–H and O–H groups in total. The van der Waals surface area contributed by atoms with Crippen LogP contribution in [0, 0.1) is 0 Å². The van der Waals surface area contributed by atoms with E-state index in [0.717, 1.165) is 5.69 Å². The van der Waals surface area contributed by atoms with Gasteiger partial charge in [0.2, 0.25) is 12.7 Å². The van der Waals surface area contributed by atoms with Gasteiger partial charge >= 0.3 is 0 Å². The van der Waals surface area contributed by atoms with Crippen molar-refractivity contribution in [2.24, 2.45) is 0 Å². The van der Waals surface area contributed by atoms with Crippen molar-refractivity contribution in [3.05, 3.63) is 29.4 Å². The van der Waals surface area contributed by atoms with E-state index >= 15 is 0 Å². The second-order valence-electron chi connectivity index (χ2n) is 3.62. The fourth-order valence-corrected chi connectivity index (χ4v) is 1.72. The molecule has 18 heavy (non-hydrogen) atoms. The standard InChI is InChI=1S/C11H9ClN4O2/c12-7-4-14-11(13)16-10(7)15-6-1-2-8-9(3-6)18-5-17-8/h1-4H,5H2,(H3,13,14,15,16). The van der Waals surface area contributed by atoms with Crippen LogP contribution < -0.4 is 20.5 Å². The zero-order valence-corrected chi connectivity index (χ0v) is 9.94. The highest BCUT2D eigenvalue weighted by Gasteiger charge is 2.14. The van der Waals surface area contributed by atoms with Crippen LogP contribution in [-0.2, 0) is 0 Å². The zero-order valence-electron chi connectivity index (χ0n) is 9.18. The van der Waals surface area contributed by atoms with Gasteiger partial charge in [-0.3, -0.25) is 0 Å². The largest absolute Gasteiger partial charge is 0.454 e. The Hall–Kier alpha value is -2.21. The van der Waals surface area contributed by atoms with Crippen LogP contribution in [0.15, 0.2) is 24.4 Å². The molecule has 0 spiro atoms. The van der Waals surface area contributed by atoms with Gasteiger partial charge in [-0.1, -0.05) is 11.6 Å². The molecule has 0 saturated heterocycles. The van der Waals surface area contributed by atoms with Crippen molar-refractivity contribution in [3.63, 3.8) is 0 Å². The molecule has 1 aromatic carbocycles. The Labute approximate surface area is 108 Å². The molecule has 0 bridgehead atoms. The maximum atomic E-state index is 5.96. The lowest BCUT2D eigenvalue weighted by Crippen LogP contribution is -2.00. The Balaban J connectivity index is 1.90. The van der Waals surface area contributed by atoms with Crippen LogP contribution in [0.2, 0.25) is 5.02 Å². The first-order chi connectivity index (χ1) is 8.72. The highest BCUT2D eigenvalue weighted by atomic mass is 35.5. The monoisotopic (exact) mass is 264 g/mol. The molecule has 1 aliphatic heterocycles. The molecule has 0 saturated carbocycles. The van der Waals surface area contributed by atoms with E-state index in [0.29, 0.717) is 22.3 Å². The minimum atomic E-state index is 0.155. The molecule has 0 radical (unpaired) electrons. The number of benzene rings is 1. The number of nitrogens with zero attached hydrogens (tertiary/aromatic N) is 2. The number of fused-ring (bicyclic) bond motifs is 1. The fraction of sp³-hybridized carbons (Fsp3) is 0.0909. The summed E-state index contributed by atoms with van der Waals surface area (Å²) < 4.78 is 10.5. The molecule has 2 heterocycles. The summed E-state index contributed by atoms with van der Waals surface area (Å²) in [6.45, 7) is 0.236. The summed E-state index contributed by atoms with van der Waals surface area (Å²) in [6.07, 6.45) is 1.44. The number of aromatic nitrogens is 2. The van der Waals surface area contributed by atoms with Gasteiger partial charge in [0.05, 0.1) is 6.20 Å². The van der Waals surface area contributed by atoms with Crippen LogP contribution in [-0.4, -0.2) is 16.8 Å². The number of rotatable bonds is 2. The van der Waals surface area contributed by atoms with Gasteiger partial charge in [0.15, 0.2) is 17.3 Å². The number of hydrogen-bond acceptors (Lipinski definition) is 6. The molecule has 2 aromatic rings. The third-order valence-electron chi connectivity index (χ3n) is 2.40. The molecule has 0 unspecified atom stereocenters. The number of nitrogens with one attached hydrogen (secondary N) is 1. The maximum absolute atomic E-state index is 5.96. The summed E-state index contributed by atoms with van der Waals surface area (Å²) in [7, 11) is 0. The first-order valence-electron chi connectivity index (χ1n) is 5.17. The molecular formula is C11H9ClN4O2. The van der Waals surface area contributed by atoms with Crippen molar-refractivity contribution in [2.45, 2.75) is 0 Å². The Morgan fingerprint density at radius 1 is 1.28 bits per heavy atom. The average molecular weight is 265 g/mol. The molecule has 7 heteroatoms. The fourth-order valence-electron chi connectivity index (χ4n) is 1.58. The first-order valence-corrected chi connectivity index (χ1v) is 5.55. The molecule has 6 nitrogen and oxygen atoms in total. The lowest BCUT2D eigenvalue weighted by molar-refractivity contribution is 0.174. The summed E-state index contributed by atoms with van der Waals surface area (Å²) in [6, 6.07) is 5.45. The van der Waals surface area contributed by atoms with Gasteiger partial charge in [-0.15, -0.1) is 0 Å². The van der Waals surface area contributed by atoms with Gasteiger partial charge in [-0.2, -0.15) is 4.98 Å². The predicted octanol–water partition coefficient (Wildman–Crippen LogP) is 2.18. The SMILES string of the molecule is Nc1ncc(Cl)c(Nc2ccc3c(c2)OCO3)n1. The topological polar surface area (TPSA) is 82.3 Å². The third-order valence-corrected chi connectivity index (χ3v) is 2.67. The second kappa shape index (κ2) is 4.23. The van der Waals surface area contributed by atoms with Crippen molar-refractivity contribution in [2.75, 3.05) is 17.8 Å². The lowest BCUT2D eigenvalue weighted by Gasteiger charge is -2.08. The number of halogens is 1. The molecule has 0 aliphatic carbocycles. The van der Waals surface area contributed by atoms with Gasteiger partial charge in [0, 0.05) is 11.8 Å². The number of nitrogen functional groups attached to an aromatic ring is 1. The molecule has 0 atom stereocenters. The van der Waals surface area contributed by atoms with Crippen molar-refractivity contribution in [3.8, 4) is 11.5 Å². The van der Waals surface area contributed by atoms with Crippen LogP contribution in [0.3, 0.4) is 0 Å². The minimum Gasteiger partial charge on any atom is -0.454 e. The second-order valence-corrected chi connectivity index (χ2v) is 4.02. The number of ether oxygens (including phenoxy) is 2. The van der Waals surface area contributed by atoms with E-state index in [2.05, 4.69) is 15.3 Å². The van der Waals surface area contributed by atoms with Crippen molar-refractivity contribution in [1.82, 2.24) is 9.97 Å². The summed E-state index contributed by atoms with van der Waals surface area (Å²) in [5.74, 6) is 2.00. The van der Waals surface area contributed by atoms with Crippen molar-refractivity contribution in [1.29, 1.82) is 0 Å². The highest BCUT2D eigenvalue weighted by Crippen LogP contribution is 2.35. The van der Waals surface area contributed by atoms with Crippen LogP contribution in [0.4, 0.5) is 17.5 Å². The third kappa shape index (κ3) is 1.98. The lowest BCUT2D eigenvalue weighted by atomic mass is 10.3. The molecule has 0 amide bonds. The van der Waals surface area contributed by atoms with Gasteiger partial charge in [-0.05, 0) is 12.1 Å². The molecular weight excluding hydrogens is 256 g/mol. The average Bonchev–Trinajstić information content (AvgIpc) is 2.81. The molecule has 1 aliphatic rings. The normalized spacial score (nSPS) is 12.5. The van der Waals surface area contributed by atoms with Crippen molar-refractivity contribution < 1.29 is 9.47 Å². The van der Waals surface area contributed by atoms with E-state index in [1.807, 2.05) is 12.1 Å². The zero-order chi connectivity index (χ0) is 12.5. The van der Waals surface area contributed by atoms with E-state index in [-0.39, 0.29) is 12.7 Å². The van der Waals surface area contributed by atoms with Gasteiger partial charge < -0.3 is 20.5 Å². The Kier molecular flexibility index (Phi) is 2.56. The van der Waals surface area contributed by atoms with E-state index < -0.39 is 0 Å². The van der Waals surface area contributed by atoms with E-state index in [1.165, 1.54) is 6.20 Å². The van der Waals surface area contributed by atoms with Crippen molar-refractivity contribution >= 4 is 29.1 Å². The Morgan fingerprint density at radius 2 is 2.11 bits per heavy atom. The molecule has 0 fully saturated rings. The number of hydrogen-bond donors (Lipinski definition) is 2. The van der Waals surface area contributed by atoms with E-state index in [9.17, 15) is 0 Å². The van der Waals surface area contributed by atoms with Gasteiger partial charge in [0.25, 0.3) is 0 Å². The first kappa shape index (κ1) is 10.9. The molecule has 1 aromatic heterocycles. The summed E-state index contributed by atoms with van der Waals surface area (Å²) in [5, 5.41) is 3.43.